The second kappa shape index (κ2) is 3.44. The molecule has 1 aromatic rings. The average Bonchev–Trinajstić information content (AvgIpc) is 2.04. The van der Waals surface area contributed by atoms with E-state index in [-0.39, 0.29) is 11.4 Å². The van der Waals surface area contributed by atoms with Crippen LogP contribution in [-0.4, -0.2) is 5.60 Å². The third-order valence-electron chi connectivity index (χ3n) is 1.49. The van der Waals surface area contributed by atoms with Gasteiger partial charge in [-0.15, -0.1) is 0 Å². The first-order chi connectivity index (χ1) is 6.31. The van der Waals surface area contributed by atoms with Crippen LogP contribution in [0.15, 0.2) is 12.1 Å². The van der Waals surface area contributed by atoms with Crippen molar-refractivity contribution in [1.82, 2.24) is 0 Å². The van der Waals surface area contributed by atoms with Crippen molar-refractivity contribution in [3.8, 4) is 5.75 Å². The van der Waals surface area contributed by atoms with E-state index in [4.69, 9.17) is 10.5 Å². The van der Waals surface area contributed by atoms with Gasteiger partial charge in [0.15, 0.2) is 11.6 Å². The summed E-state index contributed by atoms with van der Waals surface area (Å²) in [5, 5.41) is 0. The Labute approximate surface area is 81.7 Å². The molecule has 0 radical (unpaired) electrons. The van der Waals surface area contributed by atoms with Gasteiger partial charge < -0.3 is 10.5 Å². The lowest BCUT2D eigenvalue weighted by Gasteiger charge is -2.22. The normalized spacial score (nSPS) is 11.5. The van der Waals surface area contributed by atoms with Gasteiger partial charge in [0.25, 0.3) is 0 Å². The van der Waals surface area contributed by atoms with Gasteiger partial charge in [0.2, 0.25) is 5.82 Å². The highest BCUT2D eigenvalue weighted by molar-refractivity contribution is 5.53. The van der Waals surface area contributed by atoms with Crippen LogP contribution in [0, 0.1) is 11.6 Å². The van der Waals surface area contributed by atoms with Gasteiger partial charge in [0.05, 0.1) is 5.69 Å². The molecule has 1 rings (SSSR count). The van der Waals surface area contributed by atoms with Crippen molar-refractivity contribution in [1.29, 1.82) is 0 Å². The molecule has 2 N–H and O–H groups in total. The fourth-order valence-corrected chi connectivity index (χ4v) is 0.957. The van der Waals surface area contributed by atoms with Crippen LogP contribution in [0.1, 0.15) is 20.8 Å². The number of hydrogen-bond acceptors (Lipinski definition) is 2. The van der Waals surface area contributed by atoms with E-state index >= 15 is 0 Å². The first kappa shape index (κ1) is 10.8. The van der Waals surface area contributed by atoms with Crippen molar-refractivity contribution in [2.45, 2.75) is 26.4 Å². The SMILES string of the molecule is CC(C)(C)Oc1c(N)ccc(F)c1F. The average molecular weight is 201 g/mol. The summed E-state index contributed by atoms with van der Waals surface area (Å²) in [4.78, 5) is 0. The zero-order chi connectivity index (χ0) is 10.9. The van der Waals surface area contributed by atoms with Gasteiger partial charge in [-0.2, -0.15) is 4.39 Å². The zero-order valence-corrected chi connectivity index (χ0v) is 8.40. The molecule has 2 nitrogen and oxygen atoms in total. The molecule has 0 heterocycles. The monoisotopic (exact) mass is 201 g/mol. The Morgan fingerprint density at radius 1 is 1.21 bits per heavy atom. The fraction of sp³-hybridized carbons (Fsp3) is 0.400. The molecule has 0 amide bonds. The molecule has 0 aliphatic rings. The highest BCUT2D eigenvalue weighted by Crippen LogP contribution is 2.30. The van der Waals surface area contributed by atoms with Gasteiger partial charge >= 0.3 is 0 Å². The highest BCUT2D eigenvalue weighted by Gasteiger charge is 2.19. The summed E-state index contributed by atoms with van der Waals surface area (Å²) in [6.07, 6.45) is 0. The molecule has 14 heavy (non-hydrogen) atoms. The highest BCUT2D eigenvalue weighted by atomic mass is 19.2. The van der Waals surface area contributed by atoms with Crippen LogP contribution in [0.3, 0.4) is 0 Å². The Kier molecular flexibility index (Phi) is 2.64. The van der Waals surface area contributed by atoms with Gasteiger partial charge in [-0.25, -0.2) is 4.39 Å². The molecule has 0 saturated heterocycles. The zero-order valence-electron chi connectivity index (χ0n) is 8.40. The summed E-state index contributed by atoms with van der Waals surface area (Å²) < 4.78 is 31.2. The third kappa shape index (κ3) is 2.34. The molecular weight excluding hydrogens is 188 g/mol. The van der Waals surface area contributed by atoms with Crippen LogP contribution < -0.4 is 10.5 Å². The number of rotatable bonds is 1. The molecule has 0 aliphatic heterocycles. The maximum atomic E-state index is 13.2. The molecule has 0 saturated carbocycles. The topological polar surface area (TPSA) is 35.2 Å². The summed E-state index contributed by atoms with van der Waals surface area (Å²) in [5.74, 6) is -2.23. The van der Waals surface area contributed by atoms with E-state index < -0.39 is 17.2 Å². The summed E-state index contributed by atoms with van der Waals surface area (Å²) >= 11 is 0. The lowest BCUT2D eigenvalue weighted by molar-refractivity contribution is 0.124. The molecule has 0 fully saturated rings. The third-order valence-corrected chi connectivity index (χ3v) is 1.49. The Balaban J connectivity index is 3.13. The Morgan fingerprint density at radius 3 is 2.29 bits per heavy atom. The Morgan fingerprint density at radius 2 is 1.79 bits per heavy atom. The number of benzene rings is 1. The van der Waals surface area contributed by atoms with Crippen molar-refractivity contribution >= 4 is 5.69 Å². The first-order valence-electron chi connectivity index (χ1n) is 4.24. The van der Waals surface area contributed by atoms with Crippen LogP contribution in [0.4, 0.5) is 14.5 Å². The fourth-order valence-electron chi connectivity index (χ4n) is 0.957. The minimum atomic E-state index is -1.04. The predicted octanol–water partition coefficient (Wildman–Crippen LogP) is 2.72. The van der Waals surface area contributed by atoms with Gasteiger partial charge in [-0.3, -0.25) is 0 Å². The minimum absolute atomic E-state index is 0.0961. The van der Waals surface area contributed by atoms with Gasteiger partial charge in [-0.05, 0) is 32.9 Å². The maximum Gasteiger partial charge on any atom is 0.202 e. The molecule has 0 aliphatic carbocycles. The number of ether oxygens (including phenoxy) is 1. The number of anilines is 1. The van der Waals surface area contributed by atoms with E-state index in [0.717, 1.165) is 6.07 Å². The van der Waals surface area contributed by atoms with E-state index in [1.807, 2.05) is 0 Å². The van der Waals surface area contributed by atoms with Gasteiger partial charge in [0.1, 0.15) is 5.60 Å². The predicted molar refractivity (Wildman–Crippen MR) is 51.2 cm³/mol. The van der Waals surface area contributed by atoms with Crippen LogP contribution in [-0.2, 0) is 0 Å². The number of halogens is 2. The van der Waals surface area contributed by atoms with Gasteiger partial charge in [-0.1, -0.05) is 0 Å². The number of nitrogen functional groups attached to an aromatic ring is 1. The van der Waals surface area contributed by atoms with Crippen LogP contribution in [0.25, 0.3) is 0 Å². The van der Waals surface area contributed by atoms with E-state index in [1.54, 1.807) is 20.8 Å². The molecule has 0 atom stereocenters. The van der Waals surface area contributed by atoms with Crippen molar-refractivity contribution in [3.63, 3.8) is 0 Å². The minimum Gasteiger partial charge on any atom is -0.483 e. The molecule has 1 aromatic carbocycles. The van der Waals surface area contributed by atoms with E-state index in [0.29, 0.717) is 0 Å². The summed E-state index contributed by atoms with van der Waals surface area (Å²) in [7, 11) is 0. The number of hydrogen-bond donors (Lipinski definition) is 1. The summed E-state index contributed by atoms with van der Waals surface area (Å²) in [5.41, 5.74) is 4.95. The molecule has 0 unspecified atom stereocenters. The van der Waals surface area contributed by atoms with E-state index in [9.17, 15) is 8.78 Å². The Bertz CT molecular complexity index is 345. The quantitative estimate of drug-likeness (QED) is 0.709. The van der Waals surface area contributed by atoms with Crippen molar-refractivity contribution in [2.75, 3.05) is 5.73 Å². The molecule has 0 spiro atoms. The maximum absolute atomic E-state index is 13.2. The van der Waals surface area contributed by atoms with Crippen LogP contribution >= 0.6 is 0 Å². The molecule has 0 bridgehead atoms. The van der Waals surface area contributed by atoms with Crippen molar-refractivity contribution < 1.29 is 13.5 Å². The van der Waals surface area contributed by atoms with Crippen LogP contribution in [0.2, 0.25) is 0 Å². The lowest BCUT2D eigenvalue weighted by atomic mass is 10.2. The summed E-state index contributed by atoms with van der Waals surface area (Å²) in [6.45, 7) is 5.20. The largest absolute Gasteiger partial charge is 0.483 e. The first-order valence-corrected chi connectivity index (χ1v) is 4.24. The van der Waals surface area contributed by atoms with Gasteiger partial charge in [0, 0.05) is 0 Å². The van der Waals surface area contributed by atoms with Crippen LogP contribution in [0.5, 0.6) is 5.75 Å². The number of nitrogens with two attached hydrogens (primary N) is 1. The lowest BCUT2D eigenvalue weighted by Crippen LogP contribution is -2.24. The second-order valence-electron chi connectivity index (χ2n) is 3.99. The molecular formula is C10H13F2NO. The van der Waals surface area contributed by atoms with Crippen molar-refractivity contribution in [2.24, 2.45) is 0 Å². The van der Waals surface area contributed by atoms with Crippen molar-refractivity contribution in [3.05, 3.63) is 23.8 Å². The standard InChI is InChI=1S/C10H13F2NO/c1-10(2,3)14-9-7(13)5-4-6(11)8(9)12/h4-5H,13H2,1-3H3. The summed E-state index contributed by atoms with van der Waals surface area (Å²) in [6, 6.07) is 2.25. The molecule has 0 aromatic heterocycles. The smallest absolute Gasteiger partial charge is 0.202 e. The molecule has 78 valence electrons. The molecule has 4 heteroatoms. The van der Waals surface area contributed by atoms with E-state index in [1.165, 1.54) is 6.07 Å². The second-order valence-corrected chi connectivity index (χ2v) is 3.99. The Hall–Kier alpha value is -1.32. The van der Waals surface area contributed by atoms with E-state index in [2.05, 4.69) is 0 Å².